The summed E-state index contributed by atoms with van der Waals surface area (Å²) in [4.78, 5) is 23.1. The lowest BCUT2D eigenvalue weighted by Gasteiger charge is -2.18. The Labute approximate surface area is 108 Å². The van der Waals surface area contributed by atoms with Gasteiger partial charge in [-0.05, 0) is 6.92 Å². The van der Waals surface area contributed by atoms with Crippen LogP contribution in [0.4, 0.5) is 5.69 Å². The van der Waals surface area contributed by atoms with Crippen molar-refractivity contribution in [2.24, 2.45) is 0 Å². The van der Waals surface area contributed by atoms with Crippen molar-refractivity contribution in [2.75, 3.05) is 25.4 Å². The predicted molar refractivity (Wildman–Crippen MR) is 70.5 cm³/mol. The molecule has 0 aromatic carbocycles. The Balaban J connectivity index is 2.41. The average molecular weight is 266 g/mol. The molecule has 3 N–H and O–H groups in total. The van der Waals surface area contributed by atoms with Gasteiger partial charge >= 0.3 is 0 Å². The molecule has 0 atom stereocenters. The Hall–Kier alpha value is -1.73. The summed E-state index contributed by atoms with van der Waals surface area (Å²) < 4.78 is 0. The third kappa shape index (κ3) is 2.14. The monoisotopic (exact) mass is 266 g/mol. The molecular weight excluding hydrogens is 252 g/mol. The van der Waals surface area contributed by atoms with Crippen LogP contribution in [0.15, 0.2) is 12.4 Å². The van der Waals surface area contributed by atoms with Gasteiger partial charge in [0.25, 0.3) is 5.91 Å². The number of aliphatic hydroxyl groups excluding tert-OH is 1. The molecule has 0 aliphatic heterocycles. The minimum atomic E-state index is -0.186. The maximum atomic E-state index is 12.2. The van der Waals surface area contributed by atoms with Gasteiger partial charge in [-0.15, -0.1) is 11.3 Å². The molecule has 6 nitrogen and oxygen atoms in total. The van der Waals surface area contributed by atoms with Gasteiger partial charge in [0.2, 0.25) is 0 Å². The van der Waals surface area contributed by atoms with Crippen molar-refractivity contribution in [3.8, 4) is 0 Å². The van der Waals surface area contributed by atoms with E-state index in [1.165, 1.54) is 11.3 Å². The number of anilines is 1. The van der Waals surface area contributed by atoms with E-state index in [1.807, 2.05) is 6.92 Å². The van der Waals surface area contributed by atoms with E-state index < -0.39 is 0 Å². The normalized spacial score (nSPS) is 10.8. The summed E-state index contributed by atoms with van der Waals surface area (Å²) >= 11 is 1.23. The zero-order valence-electron chi connectivity index (χ0n) is 9.96. The fraction of sp³-hybridized carbons (Fsp3) is 0.364. The maximum absolute atomic E-state index is 12.2. The maximum Gasteiger partial charge on any atom is 0.266 e. The number of nitrogen functional groups attached to an aromatic ring is 1. The summed E-state index contributed by atoms with van der Waals surface area (Å²) in [6.07, 6.45) is 3.11. The van der Waals surface area contributed by atoms with Crippen molar-refractivity contribution in [1.29, 1.82) is 0 Å². The number of aliphatic hydroxyl groups is 1. The quantitative estimate of drug-likeness (QED) is 0.851. The number of carbonyl (C=O) groups is 1. The van der Waals surface area contributed by atoms with Crippen molar-refractivity contribution in [2.45, 2.75) is 6.92 Å². The molecule has 0 aliphatic carbocycles. The number of fused-ring (bicyclic) bond motifs is 1. The number of aromatic nitrogens is 2. The molecule has 2 rings (SSSR count). The number of thiophene rings is 1. The van der Waals surface area contributed by atoms with E-state index >= 15 is 0 Å². The lowest BCUT2D eigenvalue weighted by atomic mass is 10.3. The van der Waals surface area contributed by atoms with Crippen molar-refractivity contribution >= 4 is 33.3 Å². The van der Waals surface area contributed by atoms with Gasteiger partial charge in [0.15, 0.2) is 0 Å². The van der Waals surface area contributed by atoms with Crippen LogP contribution in [-0.4, -0.2) is 45.6 Å². The van der Waals surface area contributed by atoms with Gasteiger partial charge in [-0.3, -0.25) is 4.79 Å². The highest BCUT2D eigenvalue weighted by molar-refractivity contribution is 7.21. The van der Waals surface area contributed by atoms with Gasteiger partial charge in [0.1, 0.15) is 15.2 Å². The number of nitrogens with zero attached hydrogens (tertiary/aromatic N) is 3. The molecule has 18 heavy (non-hydrogen) atoms. The van der Waals surface area contributed by atoms with E-state index in [1.54, 1.807) is 17.3 Å². The molecule has 2 aromatic heterocycles. The molecule has 2 aromatic rings. The van der Waals surface area contributed by atoms with Gasteiger partial charge < -0.3 is 15.7 Å². The third-order valence-electron chi connectivity index (χ3n) is 2.60. The van der Waals surface area contributed by atoms with E-state index in [9.17, 15) is 4.79 Å². The molecule has 0 fully saturated rings. The van der Waals surface area contributed by atoms with Gasteiger partial charge in [-0.25, -0.2) is 9.97 Å². The van der Waals surface area contributed by atoms with Crippen molar-refractivity contribution < 1.29 is 9.90 Å². The Morgan fingerprint density at radius 1 is 1.50 bits per heavy atom. The molecule has 0 saturated heterocycles. The second-order valence-corrected chi connectivity index (χ2v) is 4.66. The number of carbonyl (C=O) groups excluding carboxylic acids is 1. The molecule has 1 amide bonds. The first-order chi connectivity index (χ1) is 8.69. The Bertz CT molecular complexity index is 569. The predicted octanol–water partition coefficient (Wildman–Crippen LogP) is 0.728. The third-order valence-corrected chi connectivity index (χ3v) is 3.69. The number of amides is 1. The van der Waals surface area contributed by atoms with Crippen molar-refractivity contribution in [1.82, 2.24) is 14.9 Å². The van der Waals surface area contributed by atoms with Crippen LogP contribution in [0.1, 0.15) is 16.6 Å². The standard InChI is InChI=1S/C11H14N4O2S/c1-2-15(5-6-16)11(17)9-7(12)8-10(18-9)14-4-3-13-8/h3-4,16H,2,5-6,12H2,1H3. The molecule has 0 saturated carbocycles. The van der Waals surface area contributed by atoms with Gasteiger partial charge in [0.05, 0.1) is 12.3 Å². The van der Waals surface area contributed by atoms with Crippen molar-refractivity contribution in [3.63, 3.8) is 0 Å². The summed E-state index contributed by atoms with van der Waals surface area (Å²) in [5, 5.41) is 8.93. The highest BCUT2D eigenvalue weighted by Crippen LogP contribution is 2.31. The van der Waals surface area contributed by atoms with Crippen LogP contribution in [-0.2, 0) is 0 Å². The zero-order valence-corrected chi connectivity index (χ0v) is 10.8. The second kappa shape index (κ2) is 5.28. The topological polar surface area (TPSA) is 92.3 Å². The smallest absolute Gasteiger partial charge is 0.266 e. The summed E-state index contributed by atoms with van der Waals surface area (Å²) in [6, 6.07) is 0. The Morgan fingerprint density at radius 3 is 2.83 bits per heavy atom. The Kier molecular flexibility index (Phi) is 3.73. The van der Waals surface area contributed by atoms with Crippen LogP contribution in [0, 0.1) is 0 Å². The second-order valence-electron chi connectivity index (χ2n) is 3.66. The van der Waals surface area contributed by atoms with Crippen molar-refractivity contribution in [3.05, 3.63) is 17.3 Å². The molecule has 0 radical (unpaired) electrons. The fourth-order valence-corrected chi connectivity index (χ4v) is 2.66. The number of hydrogen-bond donors (Lipinski definition) is 2. The highest BCUT2D eigenvalue weighted by Gasteiger charge is 2.21. The average Bonchev–Trinajstić information content (AvgIpc) is 2.73. The van der Waals surface area contributed by atoms with E-state index in [0.29, 0.717) is 34.0 Å². The van der Waals surface area contributed by atoms with E-state index in [2.05, 4.69) is 9.97 Å². The first kappa shape index (κ1) is 12.7. The van der Waals surface area contributed by atoms with Gasteiger partial charge in [-0.1, -0.05) is 0 Å². The van der Waals surface area contributed by atoms with Crippen LogP contribution in [0.3, 0.4) is 0 Å². The lowest BCUT2D eigenvalue weighted by molar-refractivity contribution is 0.0738. The van der Waals surface area contributed by atoms with Crippen LogP contribution < -0.4 is 5.73 Å². The highest BCUT2D eigenvalue weighted by atomic mass is 32.1. The number of rotatable bonds is 4. The minimum Gasteiger partial charge on any atom is -0.396 e. The molecule has 0 unspecified atom stereocenters. The first-order valence-electron chi connectivity index (χ1n) is 5.58. The van der Waals surface area contributed by atoms with E-state index in [-0.39, 0.29) is 12.5 Å². The molecule has 7 heteroatoms. The summed E-state index contributed by atoms with van der Waals surface area (Å²) in [7, 11) is 0. The van der Waals surface area contributed by atoms with Crippen LogP contribution in [0.25, 0.3) is 10.3 Å². The summed E-state index contributed by atoms with van der Waals surface area (Å²) in [6.45, 7) is 2.60. The van der Waals surface area contributed by atoms with E-state index in [0.717, 1.165) is 0 Å². The first-order valence-corrected chi connectivity index (χ1v) is 6.39. The lowest BCUT2D eigenvalue weighted by Crippen LogP contribution is -2.33. The van der Waals surface area contributed by atoms with Gasteiger partial charge in [-0.2, -0.15) is 0 Å². The summed E-state index contributed by atoms with van der Waals surface area (Å²) in [5.74, 6) is -0.186. The molecule has 0 aliphatic rings. The number of nitrogens with two attached hydrogens (primary N) is 1. The SMILES string of the molecule is CCN(CCO)C(=O)c1sc2nccnc2c1N. The van der Waals surface area contributed by atoms with Gasteiger partial charge in [0, 0.05) is 25.5 Å². The molecule has 2 heterocycles. The Morgan fingerprint density at radius 2 is 2.22 bits per heavy atom. The van der Waals surface area contributed by atoms with Crippen LogP contribution in [0.5, 0.6) is 0 Å². The largest absolute Gasteiger partial charge is 0.396 e. The van der Waals surface area contributed by atoms with Crippen LogP contribution >= 0.6 is 11.3 Å². The zero-order chi connectivity index (χ0) is 13.1. The molecule has 0 spiro atoms. The van der Waals surface area contributed by atoms with Crippen LogP contribution in [0.2, 0.25) is 0 Å². The number of likely N-dealkylation sites (N-methyl/N-ethyl adjacent to an activating group) is 1. The molecule has 0 bridgehead atoms. The summed E-state index contributed by atoms with van der Waals surface area (Å²) in [5.41, 5.74) is 6.85. The number of hydrogen-bond acceptors (Lipinski definition) is 6. The molecule has 96 valence electrons. The fourth-order valence-electron chi connectivity index (χ4n) is 1.67. The molecular formula is C11H14N4O2S. The van der Waals surface area contributed by atoms with E-state index in [4.69, 9.17) is 10.8 Å². The minimum absolute atomic E-state index is 0.0686.